The Hall–Kier alpha value is -2.85. The molecule has 0 saturated heterocycles. The summed E-state index contributed by atoms with van der Waals surface area (Å²) < 4.78 is 0. The minimum Gasteiger partial charge on any atom is -0.366 e. The van der Waals surface area contributed by atoms with E-state index in [2.05, 4.69) is 34.3 Å². The number of para-hydroxylation sites is 1. The quantitative estimate of drug-likeness (QED) is 0.667. The molecule has 1 N–H and O–H groups in total. The number of aromatic nitrogens is 1. The second kappa shape index (κ2) is 8.50. The number of pyridine rings is 1. The van der Waals surface area contributed by atoms with Gasteiger partial charge in [0.05, 0.1) is 28.2 Å². The Morgan fingerprint density at radius 1 is 1.08 bits per heavy atom. The van der Waals surface area contributed by atoms with Gasteiger partial charge in [-0.3, -0.25) is 9.78 Å². The molecule has 0 fully saturated rings. The van der Waals surface area contributed by atoms with Gasteiger partial charge in [0.15, 0.2) is 0 Å². The first-order valence-electron chi connectivity index (χ1n) is 8.47. The van der Waals surface area contributed by atoms with Crippen molar-refractivity contribution >= 4 is 28.9 Å². The number of carbonyl (C=O) groups excluding carboxylic acids is 1. The lowest BCUT2D eigenvalue weighted by Crippen LogP contribution is -2.23. The standard InChI is InChI=1S/C21H20ClN3O/c1-2-25(15-16-8-4-3-5-9-16)18-12-17(13-23-14-18)21(26)24-20-11-7-6-10-19(20)22/h3-14H,2,15H2,1H3,(H,24,26). The first-order valence-corrected chi connectivity index (χ1v) is 8.85. The molecule has 2 aromatic carbocycles. The molecular formula is C21H20ClN3O. The molecule has 26 heavy (non-hydrogen) atoms. The maximum absolute atomic E-state index is 12.6. The van der Waals surface area contributed by atoms with E-state index in [0.717, 1.165) is 18.8 Å². The molecule has 0 atom stereocenters. The summed E-state index contributed by atoms with van der Waals surface area (Å²) in [5, 5.41) is 3.33. The van der Waals surface area contributed by atoms with Gasteiger partial charge in [0, 0.05) is 19.3 Å². The van der Waals surface area contributed by atoms with Gasteiger partial charge in [-0.1, -0.05) is 54.1 Å². The van der Waals surface area contributed by atoms with Crippen LogP contribution in [0, 0.1) is 0 Å². The summed E-state index contributed by atoms with van der Waals surface area (Å²) in [7, 11) is 0. The van der Waals surface area contributed by atoms with E-state index in [1.165, 1.54) is 5.56 Å². The third-order valence-corrected chi connectivity index (χ3v) is 4.40. The summed E-state index contributed by atoms with van der Waals surface area (Å²) in [5.74, 6) is -0.233. The molecule has 0 aliphatic rings. The van der Waals surface area contributed by atoms with Crippen LogP contribution in [0.25, 0.3) is 0 Å². The van der Waals surface area contributed by atoms with Crippen molar-refractivity contribution in [2.75, 3.05) is 16.8 Å². The number of amides is 1. The normalized spacial score (nSPS) is 10.4. The second-order valence-electron chi connectivity index (χ2n) is 5.87. The van der Waals surface area contributed by atoms with Gasteiger partial charge < -0.3 is 10.2 Å². The van der Waals surface area contributed by atoms with Gasteiger partial charge in [0.25, 0.3) is 5.91 Å². The highest BCUT2D eigenvalue weighted by atomic mass is 35.5. The highest BCUT2D eigenvalue weighted by molar-refractivity contribution is 6.33. The summed E-state index contributed by atoms with van der Waals surface area (Å²) in [5.41, 5.74) is 3.19. The number of anilines is 2. The van der Waals surface area contributed by atoms with Crippen LogP contribution in [0.2, 0.25) is 5.02 Å². The average molecular weight is 366 g/mol. The monoisotopic (exact) mass is 365 g/mol. The van der Waals surface area contributed by atoms with E-state index in [-0.39, 0.29) is 5.91 Å². The fourth-order valence-corrected chi connectivity index (χ4v) is 2.85. The Kier molecular flexibility index (Phi) is 5.87. The Morgan fingerprint density at radius 3 is 2.54 bits per heavy atom. The predicted molar refractivity (Wildman–Crippen MR) is 107 cm³/mol. The van der Waals surface area contributed by atoms with Gasteiger partial charge in [-0.25, -0.2) is 0 Å². The number of nitrogens with one attached hydrogen (secondary N) is 1. The van der Waals surface area contributed by atoms with Gasteiger partial charge in [-0.2, -0.15) is 0 Å². The van der Waals surface area contributed by atoms with Crippen LogP contribution in [-0.4, -0.2) is 17.4 Å². The van der Waals surface area contributed by atoms with Crippen molar-refractivity contribution in [1.82, 2.24) is 4.98 Å². The lowest BCUT2D eigenvalue weighted by molar-refractivity contribution is 0.102. The van der Waals surface area contributed by atoms with Crippen molar-refractivity contribution in [2.45, 2.75) is 13.5 Å². The predicted octanol–water partition coefficient (Wildman–Crippen LogP) is 5.01. The number of rotatable bonds is 6. The topological polar surface area (TPSA) is 45.2 Å². The van der Waals surface area contributed by atoms with E-state index in [4.69, 9.17) is 11.6 Å². The molecule has 0 bridgehead atoms. The molecule has 3 aromatic rings. The minimum atomic E-state index is -0.233. The first kappa shape index (κ1) is 18.0. The van der Waals surface area contributed by atoms with Crippen LogP contribution in [0.4, 0.5) is 11.4 Å². The Labute approximate surface area is 158 Å². The third-order valence-electron chi connectivity index (χ3n) is 4.07. The van der Waals surface area contributed by atoms with E-state index in [1.54, 1.807) is 24.5 Å². The van der Waals surface area contributed by atoms with Crippen molar-refractivity contribution in [3.8, 4) is 0 Å². The number of carbonyl (C=O) groups is 1. The highest BCUT2D eigenvalue weighted by Crippen LogP contribution is 2.22. The van der Waals surface area contributed by atoms with Gasteiger partial charge in [-0.15, -0.1) is 0 Å². The number of nitrogens with zero attached hydrogens (tertiary/aromatic N) is 2. The largest absolute Gasteiger partial charge is 0.366 e. The van der Waals surface area contributed by atoms with Crippen LogP contribution in [0.5, 0.6) is 0 Å². The zero-order valence-corrected chi connectivity index (χ0v) is 15.3. The Morgan fingerprint density at radius 2 is 1.81 bits per heavy atom. The molecule has 0 saturated carbocycles. The minimum absolute atomic E-state index is 0.233. The molecule has 0 aliphatic carbocycles. The molecule has 5 heteroatoms. The van der Waals surface area contributed by atoms with Crippen LogP contribution in [0.15, 0.2) is 73.1 Å². The Bertz CT molecular complexity index is 883. The average Bonchev–Trinajstić information content (AvgIpc) is 2.69. The second-order valence-corrected chi connectivity index (χ2v) is 6.27. The molecule has 0 radical (unpaired) electrons. The van der Waals surface area contributed by atoms with E-state index < -0.39 is 0 Å². The summed E-state index contributed by atoms with van der Waals surface area (Å²) in [6.07, 6.45) is 3.34. The van der Waals surface area contributed by atoms with E-state index in [0.29, 0.717) is 16.3 Å². The van der Waals surface area contributed by atoms with Gasteiger partial charge in [-0.05, 0) is 30.7 Å². The van der Waals surface area contributed by atoms with Crippen LogP contribution >= 0.6 is 11.6 Å². The maximum Gasteiger partial charge on any atom is 0.257 e. The van der Waals surface area contributed by atoms with Gasteiger partial charge in [0.1, 0.15) is 0 Å². The van der Waals surface area contributed by atoms with Crippen molar-refractivity contribution < 1.29 is 4.79 Å². The third kappa shape index (κ3) is 4.41. The molecular weight excluding hydrogens is 346 g/mol. The summed E-state index contributed by atoms with van der Waals surface area (Å²) in [6.45, 7) is 3.65. The molecule has 3 rings (SSSR count). The molecule has 1 aromatic heterocycles. The zero-order chi connectivity index (χ0) is 18.4. The molecule has 1 heterocycles. The van der Waals surface area contributed by atoms with Crippen LogP contribution < -0.4 is 10.2 Å². The maximum atomic E-state index is 12.6. The van der Waals surface area contributed by atoms with Gasteiger partial charge in [0.2, 0.25) is 0 Å². The summed E-state index contributed by atoms with van der Waals surface area (Å²) in [6, 6.07) is 19.2. The highest BCUT2D eigenvalue weighted by Gasteiger charge is 2.12. The number of hydrogen-bond acceptors (Lipinski definition) is 3. The number of benzene rings is 2. The van der Waals surface area contributed by atoms with Crippen LogP contribution in [0.1, 0.15) is 22.8 Å². The zero-order valence-electron chi connectivity index (χ0n) is 14.5. The summed E-state index contributed by atoms with van der Waals surface area (Å²) >= 11 is 6.11. The smallest absolute Gasteiger partial charge is 0.257 e. The molecule has 0 spiro atoms. The fourth-order valence-electron chi connectivity index (χ4n) is 2.67. The Balaban J connectivity index is 1.78. The van der Waals surface area contributed by atoms with E-state index in [9.17, 15) is 4.79 Å². The molecule has 0 aliphatic heterocycles. The van der Waals surface area contributed by atoms with E-state index >= 15 is 0 Å². The number of hydrogen-bond donors (Lipinski definition) is 1. The lowest BCUT2D eigenvalue weighted by Gasteiger charge is -2.23. The molecule has 4 nitrogen and oxygen atoms in total. The lowest BCUT2D eigenvalue weighted by atomic mass is 10.2. The van der Waals surface area contributed by atoms with Crippen molar-refractivity contribution in [3.05, 3.63) is 89.2 Å². The number of halogens is 1. The molecule has 132 valence electrons. The van der Waals surface area contributed by atoms with Crippen molar-refractivity contribution in [3.63, 3.8) is 0 Å². The van der Waals surface area contributed by atoms with Gasteiger partial charge >= 0.3 is 0 Å². The van der Waals surface area contributed by atoms with Crippen LogP contribution in [-0.2, 0) is 6.54 Å². The fraction of sp³-hybridized carbons (Fsp3) is 0.143. The van der Waals surface area contributed by atoms with E-state index in [1.807, 2.05) is 36.4 Å². The van der Waals surface area contributed by atoms with Crippen LogP contribution in [0.3, 0.4) is 0 Å². The van der Waals surface area contributed by atoms with Crippen molar-refractivity contribution in [2.24, 2.45) is 0 Å². The molecule has 0 unspecified atom stereocenters. The summed E-state index contributed by atoms with van der Waals surface area (Å²) in [4.78, 5) is 19.0. The molecule has 1 amide bonds. The first-order chi connectivity index (χ1) is 12.7. The SMILES string of the molecule is CCN(Cc1ccccc1)c1cncc(C(=O)Nc2ccccc2Cl)c1. The van der Waals surface area contributed by atoms with Crippen molar-refractivity contribution in [1.29, 1.82) is 0 Å².